The monoisotopic (exact) mass is 553 g/mol. The van der Waals surface area contributed by atoms with E-state index >= 15 is 0 Å². The highest BCUT2D eigenvalue weighted by Crippen LogP contribution is 2.18. The third-order valence-electron chi connectivity index (χ3n) is 5.85. The molecule has 0 bridgehead atoms. The second-order valence-corrected chi connectivity index (χ2v) is 9.51. The van der Waals surface area contributed by atoms with Crippen LogP contribution in [0.5, 0.6) is 5.75 Å². The molecule has 0 saturated heterocycles. The van der Waals surface area contributed by atoms with E-state index in [-0.39, 0.29) is 18.5 Å². The summed E-state index contributed by atoms with van der Waals surface area (Å²) in [5.74, 6) is 0.192. The van der Waals surface area contributed by atoms with Crippen LogP contribution in [0.15, 0.2) is 24.3 Å². The van der Waals surface area contributed by atoms with Crippen molar-refractivity contribution in [1.29, 1.82) is 0 Å². The molecule has 9 heteroatoms. The molecule has 0 spiro atoms. The summed E-state index contributed by atoms with van der Waals surface area (Å²) in [6.07, 6.45) is 8.70. The fourth-order valence-corrected chi connectivity index (χ4v) is 3.54. The Morgan fingerprint density at radius 2 is 1.05 bits per heavy atom. The highest BCUT2D eigenvalue weighted by Gasteiger charge is 2.06. The van der Waals surface area contributed by atoms with Crippen LogP contribution < -0.4 is 9.64 Å². The van der Waals surface area contributed by atoms with Gasteiger partial charge >= 0.3 is 11.9 Å². The number of unbranched alkanes of at least 4 members (excludes halogenated alkanes) is 6. The van der Waals surface area contributed by atoms with E-state index in [1.807, 2.05) is 43.3 Å². The van der Waals surface area contributed by atoms with E-state index in [1.165, 1.54) is 0 Å². The Balaban J connectivity index is 1.81. The van der Waals surface area contributed by atoms with Gasteiger partial charge in [0.05, 0.1) is 46.2 Å². The van der Waals surface area contributed by atoms with Crippen LogP contribution in [0.3, 0.4) is 0 Å². The average Bonchev–Trinajstić information content (AvgIpc) is 2.92. The molecule has 1 rings (SSSR count). The molecule has 0 N–H and O–H groups in total. The molecule has 0 heterocycles. The summed E-state index contributed by atoms with van der Waals surface area (Å²) in [6, 6.07) is 7.48. The molecule has 1 aromatic rings. The second-order valence-electron chi connectivity index (χ2n) is 9.51. The lowest BCUT2D eigenvalue weighted by molar-refractivity contribution is -0.145. The number of benzene rings is 1. The third kappa shape index (κ3) is 21.3. The summed E-state index contributed by atoms with van der Waals surface area (Å²) in [4.78, 5) is 25.8. The number of anilines is 1. The van der Waals surface area contributed by atoms with E-state index in [0.717, 1.165) is 63.7 Å². The zero-order valence-corrected chi connectivity index (χ0v) is 24.5. The molecule has 0 atom stereocenters. The Morgan fingerprint density at radius 1 is 0.590 bits per heavy atom. The molecule has 39 heavy (non-hydrogen) atoms. The number of rotatable bonds is 26. The molecule has 9 nitrogen and oxygen atoms in total. The molecule has 0 aromatic heterocycles. The minimum atomic E-state index is -0.198. The first-order valence-electron chi connectivity index (χ1n) is 14.5. The smallest absolute Gasteiger partial charge is 0.311 e. The number of esters is 2. The first kappa shape index (κ1) is 34.8. The molecule has 0 unspecified atom stereocenters. The van der Waals surface area contributed by atoms with Gasteiger partial charge < -0.3 is 33.3 Å². The summed E-state index contributed by atoms with van der Waals surface area (Å²) in [6.45, 7) is 6.76. The van der Waals surface area contributed by atoms with Gasteiger partial charge in [-0.3, -0.25) is 9.59 Å². The topological polar surface area (TPSA) is 92.8 Å². The number of carbonyl (C=O) groups is 2. The average molecular weight is 554 g/mol. The standard InChI is InChI=1S/C30H51NO8/c1-4-5-18-34-19-20-35-21-22-36-23-24-37-25-26-38-29(32)12-10-8-6-7-9-11-13-30(33)39-28-16-14-27(15-17-28)31(2)3/h14-17H,4-13,18-26H2,1-3H3. The van der Waals surface area contributed by atoms with Crippen LogP contribution in [0.4, 0.5) is 5.69 Å². The molecule has 0 aliphatic heterocycles. The molecule has 0 fully saturated rings. The predicted octanol–water partition coefficient (Wildman–Crippen LogP) is 5.19. The number of hydrogen-bond donors (Lipinski definition) is 0. The predicted molar refractivity (Wildman–Crippen MR) is 152 cm³/mol. The van der Waals surface area contributed by atoms with Gasteiger partial charge in [-0.2, -0.15) is 0 Å². The Labute approximate surface area is 235 Å². The lowest BCUT2D eigenvalue weighted by Crippen LogP contribution is -2.14. The Bertz CT molecular complexity index is 726. The lowest BCUT2D eigenvalue weighted by atomic mass is 10.1. The van der Waals surface area contributed by atoms with Crippen LogP contribution in [0, 0.1) is 0 Å². The maximum Gasteiger partial charge on any atom is 0.311 e. The summed E-state index contributed by atoms with van der Waals surface area (Å²) in [5, 5.41) is 0. The van der Waals surface area contributed by atoms with Gasteiger partial charge in [-0.25, -0.2) is 0 Å². The SMILES string of the molecule is CCCCOCCOCCOCCOCCOC(=O)CCCCCCCCC(=O)Oc1ccc(N(C)C)cc1. The van der Waals surface area contributed by atoms with Gasteiger partial charge in [-0.15, -0.1) is 0 Å². The van der Waals surface area contributed by atoms with Crippen LogP contribution in [0.2, 0.25) is 0 Å². The summed E-state index contributed by atoms with van der Waals surface area (Å²) in [7, 11) is 3.94. The number of nitrogens with zero attached hydrogens (tertiary/aromatic N) is 1. The first-order valence-corrected chi connectivity index (χ1v) is 14.5. The van der Waals surface area contributed by atoms with Crippen molar-refractivity contribution in [3.8, 4) is 5.75 Å². The van der Waals surface area contributed by atoms with Crippen molar-refractivity contribution in [2.45, 2.75) is 71.1 Å². The molecule has 0 saturated carbocycles. The Kier molecular flexibility index (Phi) is 22.2. The maximum absolute atomic E-state index is 12.0. The lowest BCUT2D eigenvalue weighted by Gasteiger charge is -2.12. The molecule has 0 amide bonds. The van der Waals surface area contributed by atoms with Crippen LogP contribution >= 0.6 is 0 Å². The third-order valence-corrected chi connectivity index (χ3v) is 5.85. The van der Waals surface area contributed by atoms with Crippen molar-refractivity contribution in [3.63, 3.8) is 0 Å². The fraction of sp³-hybridized carbons (Fsp3) is 0.733. The number of ether oxygens (including phenoxy) is 6. The highest BCUT2D eigenvalue weighted by molar-refractivity contribution is 5.72. The zero-order chi connectivity index (χ0) is 28.4. The quantitative estimate of drug-likeness (QED) is 0.0873. The van der Waals surface area contributed by atoms with Crippen molar-refractivity contribution >= 4 is 17.6 Å². The van der Waals surface area contributed by atoms with Crippen molar-refractivity contribution in [2.24, 2.45) is 0 Å². The van der Waals surface area contributed by atoms with E-state index in [1.54, 1.807) is 0 Å². The number of hydrogen-bond acceptors (Lipinski definition) is 9. The minimum absolute atomic E-state index is 0.188. The van der Waals surface area contributed by atoms with Crippen LogP contribution in [-0.4, -0.2) is 85.5 Å². The zero-order valence-electron chi connectivity index (χ0n) is 24.5. The molecular weight excluding hydrogens is 502 g/mol. The van der Waals surface area contributed by atoms with Crippen LogP contribution in [0.25, 0.3) is 0 Å². The van der Waals surface area contributed by atoms with E-state index in [4.69, 9.17) is 28.4 Å². The first-order chi connectivity index (χ1) is 19.0. The van der Waals surface area contributed by atoms with Gasteiger partial charge in [0.25, 0.3) is 0 Å². The van der Waals surface area contributed by atoms with Crippen LogP contribution in [0.1, 0.15) is 71.1 Å². The van der Waals surface area contributed by atoms with Gasteiger partial charge in [0.2, 0.25) is 0 Å². The van der Waals surface area contributed by atoms with Gasteiger partial charge in [0.1, 0.15) is 12.4 Å². The van der Waals surface area contributed by atoms with Crippen molar-refractivity contribution < 1.29 is 38.0 Å². The molecule has 224 valence electrons. The van der Waals surface area contributed by atoms with E-state index in [9.17, 15) is 9.59 Å². The normalized spacial score (nSPS) is 10.9. The molecular formula is C30H51NO8. The molecule has 0 radical (unpaired) electrons. The Morgan fingerprint density at radius 3 is 1.56 bits per heavy atom. The van der Waals surface area contributed by atoms with Crippen molar-refractivity contribution in [1.82, 2.24) is 0 Å². The van der Waals surface area contributed by atoms with E-state index < -0.39 is 0 Å². The summed E-state index contributed by atoms with van der Waals surface area (Å²) >= 11 is 0. The minimum Gasteiger partial charge on any atom is -0.463 e. The molecule has 0 aliphatic carbocycles. The highest BCUT2D eigenvalue weighted by atomic mass is 16.6. The number of carbonyl (C=O) groups excluding carboxylic acids is 2. The fourth-order valence-electron chi connectivity index (χ4n) is 3.54. The van der Waals surface area contributed by atoms with E-state index in [0.29, 0.717) is 64.8 Å². The van der Waals surface area contributed by atoms with Gasteiger partial charge in [-0.05, 0) is 43.5 Å². The van der Waals surface area contributed by atoms with Gasteiger partial charge in [0, 0.05) is 39.2 Å². The largest absolute Gasteiger partial charge is 0.463 e. The molecule has 1 aromatic carbocycles. The maximum atomic E-state index is 12.0. The van der Waals surface area contributed by atoms with Gasteiger partial charge in [-0.1, -0.05) is 39.0 Å². The Hall–Kier alpha value is -2.20. The summed E-state index contributed by atoms with van der Waals surface area (Å²) in [5.41, 5.74) is 1.06. The molecule has 0 aliphatic rings. The second kappa shape index (κ2) is 24.8. The van der Waals surface area contributed by atoms with E-state index in [2.05, 4.69) is 6.92 Å². The van der Waals surface area contributed by atoms with Crippen molar-refractivity contribution in [2.75, 3.05) is 78.5 Å². The van der Waals surface area contributed by atoms with Crippen LogP contribution in [-0.2, 0) is 33.3 Å². The van der Waals surface area contributed by atoms with Crippen molar-refractivity contribution in [3.05, 3.63) is 24.3 Å². The van der Waals surface area contributed by atoms with Gasteiger partial charge in [0.15, 0.2) is 0 Å². The summed E-state index contributed by atoms with van der Waals surface area (Å²) < 4.78 is 32.3.